The summed E-state index contributed by atoms with van der Waals surface area (Å²) in [5.41, 5.74) is 1.69. The highest BCUT2D eigenvalue weighted by atomic mass is 79.9. The topological polar surface area (TPSA) is 46.2 Å². The fraction of sp³-hybridized carbons (Fsp3) is 0.143. The molecule has 0 saturated heterocycles. The lowest BCUT2D eigenvalue weighted by atomic mass is 10.2. The summed E-state index contributed by atoms with van der Waals surface area (Å²) in [7, 11) is -3.24. The molecule has 1 N–H and O–H groups in total. The van der Waals surface area contributed by atoms with E-state index in [9.17, 15) is 8.42 Å². The molecule has 0 aliphatic carbocycles. The first-order chi connectivity index (χ1) is 9.36. The lowest BCUT2D eigenvalue weighted by molar-refractivity contribution is 0.602. The molecule has 106 valence electrons. The summed E-state index contributed by atoms with van der Waals surface area (Å²) in [5, 5.41) is 3.64. The Morgan fingerprint density at radius 2 is 1.80 bits per heavy atom. The fourth-order valence-corrected chi connectivity index (χ4v) is 2.77. The first-order valence-electron chi connectivity index (χ1n) is 5.84. The fourth-order valence-electron chi connectivity index (χ4n) is 1.67. The summed E-state index contributed by atoms with van der Waals surface area (Å²) in [5.74, 6) is 0. The Kier molecular flexibility index (Phi) is 4.73. The number of sulfone groups is 1. The van der Waals surface area contributed by atoms with E-state index in [1.807, 2.05) is 24.3 Å². The van der Waals surface area contributed by atoms with Crippen LogP contribution in [-0.4, -0.2) is 14.7 Å². The van der Waals surface area contributed by atoms with Crippen LogP contribution in [0.5, 0.6) is 0 Å². The standard InChI is InChI=1S/C14H13BrClNO2S/c1-20(18,19)12-6-7-13(16)14(8-12)17-9-10-2-4-11(15)5-3-10/h2-8,17H,9H2,1H3. The zero-order valence-electron chi connectivity index (χ0n) is 10.7. The van der Waals surface area contributed by atoms with Gasteiger partial charge in [-0.1, -0.05) is 39.7 Å². The minimum atomic E-state index is -3.24. The number of rotatable bonds is 4. The Hall–Kier alpha value is -1.04. The third-order valence-corrected chi connectivity index (χ3v) is 4.73. The lowest BCUT2D eigenvalue weighted by Crippen LogP contribution is -2.02. The normalized spacial score (nSPS) is 11.3. The summed E-state index contributed by atoms with van der Waals surface area (Å²) in [6.07, 6.45) is 1.18. The van der Waals surface area contributed by atoms with Crippen molar-refractivity contribution in [3.63, 3.8) is 0 Å². The number of benzene rings is 2. The van der Waals surface area contributed by atoms with Crippen molar-refractivity contribution in [2.24, 2.45) is 0 Å². The Balaban J connectivity index is 2.19. The van der Waals surface area contributed by atoms with Crippen molar-refractivity contribution in [3.8, 4) is 0 Å². The molecule has 0 amide bonds. The van der Waals surface area contributed by atoms with E-state index in [1.165, 1.54) is 12.3 Å². The summed E-state index contributed by atoms with van der Waals surface area (Å²) in [6, 6.07) is 12.5. The van der Waals surface area contributed by atoms with Crippen LogP contribution in [0.25, 0.3) is 0 Å². The van der Waals surface area contributed by atoms with Gasteiger partial charge in [-0.05, 0) is 35.9 Å². The molecule has 0 aliphatic heterocycles. The second kappa shape index (κ2) is 6.16. The number of nitrogens with one attached hydrogen (secondary N) is 1. The van der Waals surface area contributed by atoms with Gasteiger partial charge in [-0.15, -0.1) is 0 Å². The molecule has 0 spiro atoms. The molecular weight excluding hydrogens is 362 g/mol. The third kappa shape index (κ3) is 3.98. The van der Waals surface area contributed by atoms with Crippen LogP contribution in [0.2, 0.25) is 5.02 Å². The molecule has 2 aromatic rings. The van der Waals surface area contributed by atoms with Gasteiger partial charge in [0.25, 0.3) is 0 Å². The van der Waals surface area contributed by atoms with Crippen molar-refractivity contribution in [2.75, 3.05) is 11.6 Å². The molecule has 0 unspecified atom stereocenters. The summed E-state index contributed by atoms with van der Waals surface area (Å²) >= 11 is 9.45. The van der Waals surface area contributed by atoms with Gasteiger partial charge in [0.15, 0.2) is 9.84 Å². The van der Waals surface area contributed by atoms with Gasteiger partial charge >= 0.3 is 0 Å². The average Bonchev–Trinajstić information content (AvgIpc) is 2.38. The number of anilines is 1. The van der Waals surface area contributed by atoms with Crippen molar-refractivity contribution in [2.45, 2.75) is 11.4 Å². The summed E-state index contributed by atoms with van der Waals surface area (Å²) in [4.78, 5) is 0.250. The van der Waals surface area contributed by atoms with Crippen molar-refractivity contribution >= 4 is 43.1 Å². The van der Waals surface area contributed by atoms with Crippen LogP contribution in [0.15, 0.2) is 51.8 Å². The molecular formula is C14H13BrClNO2S. The summed E-state index contributed by atoms with van der Waals surface area (Å²) < 4.78 is 24.1. The van der Waals surface area contributed by atoms with Crippen LogP contribution in [0, 0.1) is 0 Å². The van der Waals surface area contributed by atoms with Crippen LogP contribution in [0.4, 0.5) is 5.69 Å². The quantitative estimate of drug-likeness (QED) is 0.875. The van der Waals surface area contributed by atoms with Gasteiger partial charge in [-0.25, -0.2) is 8.42 Å². The number of hydrogen-bond acceptors (Lipinski definition) is 3. The first-order valence-corrected chi connectivity index (χ1v) is 8.90. The van der Waals surface area contributed by atoms with Gasteiger partial charge in [-0.2, -0.15) is 0 Å². The largest absolute Gasteiger partial charge is 0.380 e. The molecule has 0 bridgehead atoms. The van der Waals surface area contributed by atoms with Gasteiger partial charge in [0.2, 0.25) is 0 Å². The van der Waals surface area contributed by atoms with E-state index in [1.54, 1.807) is 12.1 Å². The van der Waals surface area contributed by atoms with Gasteiger partial charge in [0.1, 0.15) is 0 Å². The van der Waals surface area contributed by atoms with E-state index in [2.05, 4.69) is 21.2 Å². The van der Waals surface area contributed by atoms with Crippen LogP contribution in [0.3, 0.4) is 0 Å². The Morgan fingerprint density at radius 3 is 2.40 bits per heavy atom. The number of hydrogen-bond donors (Lipinski definition) is 1. The van der Waals surface area contributed by atoms with Crippen LogP contribution in [0.1, 0.15) is 5.56 Å². The van der Waals surface area contributed by atoms with E-state index in [0.29, 0.717) is 17.3 Å². The Bertz CT molecular complexity index is 714. The van der Waals surface area contributed by atoms with Gasteiger partial charge in [0, 0.05) is 17.3 Å². The molecule has 0 aromatic heterocycles. The molecule has 0 radical (unpaired) electrons. The van der Waals surface area contributed by atoms with Gasteiger partial charge in [-0.3, -0.25) is 0 Å². The second-order valence-corrected chi connectivity index (χ2v) is 7.73. The molecule has 0 aliphatic rings. The van der Waals surface area contributed by atoms with E-state index < -0.39 is 9.84 Å². The maximum absolute atomic E-state index is 11.5. The number of halogens is 2. The minimum absolute atomic E-state index is 0.250. The third-order valence-electron chi connectivity index (χ3n) is 2.76. The minimum Gasteiger partial charge on any atom is -0.380 e. The van der Waals surface area contributed by atoms with Crippen LogP contribution in [-0.2, 0) is 16.4 Å². The van der Waals surface area contributed by atoms with Crippen molar-refractivity contribution in [1.82, 2.24) is 0 Å². The highest BCUT2D eigenvalue weighted by molar-refractivity contribution is 9.10. The average molecular weight is 375 g/mol. The van der Waals surface area contributed by atoms with E-state index in [0.717, 1.165) is 10.0 Å². The Morgan fingerprint density at radius 1 is 1.15 bits per heavy atom. The van der Waals surface area contributed by atoms with E-state index >= 15 is 0 Å². The molecule has 2 aromatic carbocycles. The molecule has 0 fully saturated rings. The molecule has 0 heterocycles. The van der Waals surface area contributed by atoms with Crippen LogP contribution >= 0.6 is 27.5 Å². The van der Waals surface area contributed by atoms with E-state index in [4.69, 9.17) is 11.6 Å². The monoisotopic (exact) mass is 373 g/mol. The molecule has 6 heteroatoms. The van der Waals surface area contributed by atoms with Crippen LogP contribution < -0.4 is 5.32 Å². The molecule has 0 saturated carbocycles. The molecule has 0 atom stereocenters. The second-order valence-electron chi connectivity index (χ2n) is 4.39. The van der Waals surface area contributed by atoms with Gasteiger partial charge < -0.3 is 5.32 Å². The van der Waals surface area contributed by atoms with Crippen molar-refractivity contribution in [1.29, 1.82) is 0 Å². The zero-order chi connectivity index (χ0) is 14.8. The van der Waals surface area contributed by atoms with E-state index in [-0.39, 0.29) is 4.90 Å². The zero-order valence-corrected chi connectivity index (χ0v) is 13.9. The molecule has 2 rings (SSSR count). The summed E-state index contributed by atoms with van der Waals surface area (Å²) in [6.45, 7) is 0.570. The van der Waals surface area contributed by atoms with Crippen molar-refractivity contribution < 1.29 is 8.42 Å². The Labute approximate surface area is 132 Å². The highest BCUT2D eigenvalue weighted by Gasteiger charge is 2.10. The maximum atomic E-state index is 11.5. The molecule has 3 nitrogen and oxygen atoms in total. The maximum Gasteiger partial charge on any atom is 0.175 e. The smallest absolute Gasteiger partial charge is 0.175 e. The lowest BCUT2D eigenvalue weighted by Gasteiger charge is -2.10. The predicted octanol–water partition coefficient (Wildman–Crippen LogP) is 4.12. The van der Waals surface area contributed by atoms with Gasteiger partial charge in [0.05, 0.1) is 15.6 Å². The SMILES string of the molecule is CS(=O)(=O)c1ccc(Cl)c(NCc2ccc(Br)cc2)c1. The predicted molar refractivity (Wildman–Crippen MR) is 86.0 cm³/mol. The van der Waals surface area contributed by atoms with Crippen molar-refractivity contribution in [3.05, 3.63) is 57.5 Å². The highest BCUT2D eigenvalue weighted by Crippen LogP contribution is 2.26. The molecule has 20 heavy (non-hydrogen) atoms. The first kappa shape index (κ1) is 15.4.